The molecule has 1 aliphatic heterocycles. The van der Waals surface area contributed by atoms with Gasteiger partial charge in [-0.1, -0.05) is 0 Å². The number of anilines is 1. The highest BCUT2D eigenvalue weighted by Gasteiger charge is 2.32. The Bertz CT molecular complexity index is 536. The normalized spacial score (nSPS) is 18.7. The van der Waals surface area contributed by atoms with Crippen molar-refractivity contribution in [3.05, 3.63) is 28.2 Å². The molecule has 1 aliphatic rings. The Morgan fingerprint density at radius 3 is 2.90 bits per heavy atom. The van der Waals surface area contributed by atoms with E-state index in [-0.39, 0.29) is 18.4 Å². The average molecular weight is 342 g/mol. The smallest absolute Gasteiger partial charge is 0.254 e. The van der Waals surface area contributed by atoms with Crippen LogP contribution in [0.5, 0.6) is 0 Å². The van der Waals surface area contributed by atoms with Crippen LogP contribution in [0.2, 0.25) is 0 Å². The summed E-state index contributed by atoms with van der Waals surface area (Å²) in [5, 5.41) is 2.55. The number of rotatable bonds is 2. The minimum Gasteiger partial charge on any atom is -0.398 e. The van der Waals surface area contributed by atoms with Gasteiger partial charge in [-0.15, -0.1) is 0 Å². The van der Waals surface area contributed by atoms with E-state index in [4.69, 9.17) is 10.5 Å². The Morgan fingerprint density at radius 1 is 1.50 bits per heavy atom. The molecule has 0 saturated carbocycles. The number of amides is 2. The summed E-state index contributed by atoms with van der Waals surface area (Å²) in [4.78, 5) is 25.8. The summed E-state index contributed by atoms with van der Waals surface area (Å²) in [5.74, 6) is -0.454. The summed E-state index contributed by atoms with van der Waals surface area (Å²) in [6.45, 7) is 1.01. The highest BCUT2D eigenvalue weighted by Crippen LogP contribution is 2.22. The number of hydrogen-bond donors (Lipinski definition) is 2. The van der Waals surface area contributed by atoms with E-state index in [0.717, 1.165) is 4.47 Å². The van der Waals surface area contributed by atoms with Crippen LogP contribution in [-0.4, -0.2) is 49.6 Å². The molecule has 0 radical (unpaired) electrons. The number of carbonyl (C=O) groups excluding carboxylic acids is 2. The number of benzene rings is 1. The number of morpholine rings is 1. The van der Waals surface area contributed by atoms with E-state index in [2.05, 4.69) is 21.2 Å². The number of ether oxygens (including phenoxy) is 1. The van der Waals surface area contributed by atoms with Crippen LogP contribution in [0, 0.1) is 0 Å². The standard InChI is InChI=1S/C13H16BrN3O3/c1-16-12(18)11-7-20-5-4-17(11)13(19)8-2-3-9(14)10(15)6-8/h2-3,6,11H,4-5,7,15H2,1H3,(H,16,18). The number of nitrogens with two attached hydrogens (primary N) is 1. The van der Waals surface area contributed by atoms with Crippen LogP contribution in [0.15, 0.2) is 22.7 Å². The molecule has 1 heterocycles. The molecule has 108 valence electrons. The summed E-state index contributed by atoms with van der Waals surface area (Å²) in [5.41, 5.74) is 6.73. The van der Waals surface area contributed by atoms with Gasteiger partial charge in [0.05, 0.1) is 13.2 Å². The van der Waals surface area contributed by atoms with Crippen LogP contribution in [-0.2, 0) is 9.53 Å². The molecule has 1 saturated heterocycles. The van der Waals surface area contributed by atoms with Crippen LogP contribution in [0.4, 0.5) is 5.69 Å². The maximum absolute atomic E-state index is 12.5. The van der Waals surface area contributed by atoms with Gasteiger partial charge in [0.25, 0.3) is 5.91 Å². The van der Waals surface area contributed by atoms with Crippen LogP contribution in [0.3, 0.4) is 0 Å². The van der Waals surface area contributed by atoms with Crippen LogP contribution in [0.25, 0.3) is 0 Å². The Labute approximate surface area is 125 Å². The summed E-state index contributed by atoms with van der Waals surface area (Å²) in [6.07, 6.45) is 0. The number of nitrogens with zero attached hydrogens (tertiary/aromatic N) is 1. The van der Waals surface area contributed by atoms with E-state index in [0.29, 0.717) is 24.4 Å². The van der Waals surface area contributed by atoms with Crippen molar-refractivity contribution in [3.8, 4) is 0 Å². The van der Waals surface area contributed by atoms with Gasteiger partial charge in [-0.25, -0.2) is 0 Å². The van der Waals surface area contributed by atoms with Crippen molar-refractivity contribution >= 4 is 33.4 Å². The van der Waals surface area contributed by atoms with E-state index in [1.54, 1.807) is 18.2 Å². The first-order chi connectivity index (χ1) is 9.54. The van der Waals surface area contributed by atoms with Crippen molar-refractivity contribution in [1.82, 2.24) is 10.2 Å². The van der Waals surface area contributed by atoms with Crippen molar-refractivity contribution in [2.24, 2.45) is 0 Å². The Hall–Kier alpha value is -1.60. The molecule has 7 heteroatoms. The summed E-state index contributed by atoms with van der Waals surface area (Å²) >= 11 is 3.29. The lowest BCUT2D eigenvalue weighted by molar-refractivity contribution is -0.130. The van der Waals surface area contributed by atoms with E-state index in [1.807, 2.05) is 0 Å². The van der Waals surface area contributed by atoms with E-state index in [9.17, 15) is 9.59 Å². The predicted molar refractivity (Wildman–Crippen MR) is 78.3 cm³/mol. The van der Waals surface area contributed by atoms with Crippen molar-refractivity contribution in [1.29, 1.82) is 0 Å². The molecule has 1 aromatic carbocycles. The molecule has 1 unspecified atom stereocenters. The van der Waals surface area contributed by atoms with Crippen LogP contribution in [0.1, 0.15) is 10.4 Å². The Kier molecular flexibility index (Phi) is 4.61. The molecule has 6 nitrogen and oxygen atoms in total. The first kappa shape index (κ1) is 14.8. The molecule has 1 aromatic rings. The van der Waals surface area contributed by atoms with Crippen LogP contribution < -0.4 is 11.1 Å². The van der Waals surface area contributed by atoms with Gasteiger partial charge < -0.3 is 20.7 Å². The Balaban J connectivity index is 2.25. The van der Waals surface area contributed by atoms with Gasteiger partial charge in [0, 0.05) is 29.3 Å². The first-order valence-corrected chi connectivity index (χ1v) is 6.99. The predicted octanol–water partition coefficient (Wildman–Crippen LogP) is 0.618. The zero-order valence-corrected chi connectivity index (χ0v) is 12.6. The average Bonchev–Trinajstić information content (AvgIpc) is 2.48. The zero-order valence-electron chi connectivity index (χ0n) is 11.1. The van der Waals surface area contributed by atoms with Gasteiger partial charge in [-0.3, -0.25) is 9.59 Å². The lowest BCUT2D eigenvalue weighted by atomic mass is 10.1. The third-order valence-electron chi connectivity index (χ3n) is 3.18. The molecule has 0 aromatic heterocycles. The SMILES string of the molecule is CNC(=O)C1COCCN1C(=O)c1ccc(Br)c(N)c1. The third-order valence-corrected chi connectivity index (χ3v) is 3.90. The number of carbonyl (C=O) groups is 2. The summed E-state index contributed by atoms with van der Waals surface area (Å²) < 4.78 is 6.01. The maximum Gasteiger partial charge on any atom is 0.254 e. The van der Waals surface area contributed by atoms with Crippen molar-refractivity contribution in [2.75, 3.05) is 32.5 Å². The number of hydrogen-bond acceptors (Lipinski definition) is 4. The van der Waals surface area contributed by atoms with Gasteiger partial charge in [0.1, 0.15) is 6.04 Å². The largest absolute Gasteiger partial charge is 0.398 e. The zero-order chi connectivity index (χ0) is 14.7. The number of nitrogens with one attached hydrogen (secondary N) is 1. The Morgan fingerprint density at radius 2 is 2.25 bits per heavy atom. The van der Waals surface area contributed by atoms with Gasteiger partial charge in [0.2, 0.25) is 5.91 Å². The van der Waals surface area contributed by atoms with E-state index < -0.39 is 6.04 Å². The van der Waals surface area contributed by atoms with Crippen molar-refractivity contribution in [2.45, 2.75) is 6.04 Å². The van der Waals surface area contributed by atoms with Gasteiger partial charge >= 0.3 is 0 Å². The van der Waals surface area contributed by atoms with Gasteiger partial charge in [0.15, 0.2) is 0 Å². The monoisotopic (exact) mass is 341 g/mol. The van der Waals surface area contributed by atoms with Crippen LogP contribution >= 0.6 is 15.9 Å². The molecule has 1 fully saturated rings. The summed E-state index contributed by atoms with van der Waals surface area (Å²) in [7, 11) is 1.54. The number of nitrogen functional groups attached to an aromatic ring is 1. The second-order valence-corrected chi connectivity index (χ2v) is 5.29. The number of halogens is 1. The van der Waals surface area contributed by atoms with E-state index in [1.165, 1.54) is 11.9 Å². The molecular formula is C13H16BrN3O3. The minimum absolute atomic E-state index is 0.206. The molecule has 20 heavy (non-hydrogen) atoms. The molecule has 2 rings (SSSR count). The minimum atomic E-state index is -0.605. The molecular weight excluding hydrogens is 326 g/mol. The second kappa shape index (κ2) is 6.23. The topological polar surface area (TPSA) is 84.7 Å². The van der Waals surface area contributed by atoms with Crippen molar-refractivity contribution in [3.63, 3.8) is 0 Å². The fraction of sp³-hybridized carbons (Fsp3) is 0.385. The number of likely N-dealkylation sites (N-methyl/N-ethyl adjacent to an activating group) is 1. The molecule has 3 N–H and O–H groups in total. The quantitative estimate of drug-likeness (QED) is 0.772. The fourth-order valence-corrected chi connectivity index (χ4v) is 2.32. The molecule has 0 bridgehead atoms. The molecule has 0 aliphatic carbocycles. The second-order valence-electron chi connectivity index (χ2n) is 4.44. The lowest BCUT2D eigenvalue weighted by Gasteiger charge is -2.34. The van der Waals surface area contributed by atoms with Gasteiger partial charge in [-0.05, 0) is 34.1 Å². The van der Waals surface area contributed by atoms with Gasteiger partial charge in [-0.2, -0.15) is 0 Å². The highest BCUT2D eigenvalue weighted by molar-refractivity contribution is 9.10. The maximum atomic E-state index is 12.5. The fourth-order valence-electron chi connectivity index (χ4n) is 2.07. The highest BCUT2D eigenvalue weighted by atomic mass is 79.9. The van der Waals surface area contributed by atoms with Crippen molar-refractivity contribution < 1.29 is 14.3 Å². The van der Waals surface area contributed by atoms with E-state index >= 15 is 0 Å². The third kappa shape index (κ3) is 2.94. The molecule has 0 spiro atoms. The first-order valence-electron chi connectivity index (χ1n) is 6.20. The molecule has 2 amide bonds. The molecule has 1 atom stereocenters. The summed E-state index contributed by atoms with van der Waals surface area (Å²) in [6, 6.07) is 4.39. The lowest BCUT2D eigenvalue weighted by Crippen LogP contribution is -2.55.